The number of nitrogens with one attached hydrogen (secondary N) is 1. The Morgan fingerprint density at radius 1 is 1.08 bits per heavy atom. The first-order valence-corrected chi connectivity index (χ1v) is 7.83. The first kappa shape index (κ1) is 19.8. The SMILES string of the molecule is CC(C)[C@H](NC(=O)c1ccc(C(=O)OC(C)(C)C)cc1)C(=O)CO. The molecule has 0 aliphatic carbocycles. The lowest BCUT2D eigenvalue weighted by atomic mass is 9.99. The summed E-state index contributed by atoms with van der Waals surface area (Å²) in [6.07, 6.45) is 0. The highest BCUT2D eigenvalue weighted by atomic mass is 16.6. The molecule has 0 saturated heterocycles. The molecule has 0 fully saturated rings. The van der Waals surface area contributed by atoms with Crippen LogP contribution < -0.4 is 5.32 Å². The molecule has 0 spiro atoms. The molecule has 1 amide bonds. The fourth-order valence-electron chi connectivity index (χ4n) is 2.04. The first-order valence-electron chi connectivity index (χ1n) is 7.83. The van der Waals surface area contributed by atoms with Gasteiger partial charge in [-0.05, 0) is 51.0 Å². The Balaban J connectivity index is 2.83. The van der Waals surface area contributed by atoms with E-state index in [1.165, 1.54) is 24.3 Å². The Bertz CT molecular complexity index is 599. The van der Waals surface area contributed by atoms with E-state index in [-0.39, 0.29) is 5.92 Å². The third kappa shape index (κ3) is 5.77. The van der Waals surface area contributed by atoms with Crippen LogP contribution in [0.25, 0.3) is 0 Å². The molecule has 6 heteroatoms. The minimum absolute atomic E-state index is 0.144. The van der Waals surface area contributed by atoms with Crippen molar-refractivity contribution < 1.29 is 24.2 Å². The van der Waals surface area contributed by atoms with Gasteiger partial charge in [0, 0.05) is 5.56 Å². The number of ether oxygens (including phenoxy) is 1. The van der Waals surface area contributed by atoms with Gasteiger partial charge in [-0.2, -0.15) is 0 Å². The van der Waals surface area contributed by atoms with Crippen molar-refractivity contribution in [3.05, 3.63) is 35.4 Å². The largest absolute Gasteiger partial charge is 0.456 e. The van der Waals surface area contributed by atoms with Gasteiger partial charge in [-0.25, -0.2) is 4.79 Å². The van der Waals surface area contributed by atoms with Gasteiger partial charge in [0.15, 0.2) is 5.78 Å². The van der Waals surface area contributed by atoms with Gasteiger partial charge in [0.1, 0.15) is 12.2 Å². The summed E-state index contributed by atoms with van der Waals surface area (Å²) in [6, 6.07) is 5.24. The molecule has 0 unspecified atom stereocenters. The van der Waals surface area contributed by atoms with E-state index >= 15 is 0 Å². The Kier molecular flexibility index (Phi) is 6.66. The average molecular weight is 335 g/mol. The van der Waals surface area contributed by atoms with Crippen molar-refractivity contribution in [2.45, 2.75) is 46.3 Å². The zero-order valence-corrected chi connectivity index (χ0v) is 14.8. The highest BCUT2D eigenvalue weighted by Crippen LogP contribution is 2.13. The van der Waals surface area contributed by atoms with Crippen LogP contribution in [0.15, 0.2) is 24.3 Å². The highest BCUT2D eigenvalue weighted by molar-refractivity contribution is 5.99. The normalized spacial score (nSPS) is 12.6. The fraction of sp³-hybridized carbons (Fsp3) is 0.500. The summed E-state index contributed by atoms with van der Waals surface area (Å²) in [7, 11) is 0. The lowest BCUT2D eigenvalue weighted by Gasteiger charge is -2.20. The lowest BCUT2D eigenvalue weighted by molar-refractivity contribution is -0.124. The molecule has 1 aromatic carbocycles. The molecule has 132 valence electrons. The number of esters is 1. The maximum absolute atomic E-state index is 12.2. The second kappa shape index (κ2) is 8.06. The molecular formula is C18H25NO5. The fourth-order valence-corrected chi connectivity index (χ4v) is 2.04. The maximum Gasteiger partial charge on any atom is 0.338 e. The maximum atomic E-state index is 12.2. The number of rotatable bonds is 6. The molecule has 0 radical (unpaired) electrons. The lowest BCUT2D eigenvalue weighted by Crippen LogP contribution is -2.45. The van der Waals surface area contributed by atoms with E-state index in [1.807, 2.05) is 0 Å². The van der Waals surface area contributed by atoms with Crippen molar-refractivity contribution in [2.75, 3.05) is 6.61 Å². The van der Waals surface area contributed by atoms with Crippen LogP contribution in [0.3, 0.4) is 0 Å². The van der Waals surface area contributed by atoms with Crippen LogP contribution >= 0.6 is 0 Å². The molecule has 0 aromatic heterocycles. The molecule has 1 rings (SSSR count). The number of carbonyl (C=O) groups excluding carboxylic acids is 3. The molecule has 1 aromatic rings. The topological polar surface area (TPSA) is 92.7 Å². The van der Waals surface area contributed by atoms with Gasteiger partial charge in [0.25, 0.3) is 5.91 Å². The van der Waals surface area contributed by atoms with Gasteiger partial charge in [0.2, 0.25) is 0 Å². The first-order chi connectivity index (χ1) is 11.0. The Hall–Kier alpha value is -2.21. The number of hydrogen-bond donors (Lipinski definition) is 2. The smallest absolute Gasteiger partial charge is 0.338 e. The second-order valence-corrected chi connectivity index (χ2v) is 6.90. The quantitative estimate of drug-likeness (QED) is 0.775. The molecule has 0 bridgehead atoms. The van der Waals surface area contributed by atoms with E-state index in [4.69, 9.17) is 9.84 Å². The van der Waals surface area contributed by atoms with Gasteiger partial charge < -0.3 is 15.2 Å². The number of ketones is 1. The number of aliphatic hydroxyl groups is 1. The third-order valence-corrected chi connectivity index (χ3v) is 3.24. The summed E-state index contributed by atoms with van der Waals surface area (Å²) in [6.45, 7) is 8.26. The number of amides is 1. The molecular weight excluding hydrogens is 310 g/mol. The zero-order chi connectivity index (χ0) is 18.5. The molecule has 2 N–H and O–H groups in total. The summed E-state index contributed by atoms with van der Waals surface area (Å²) in [5.41, 5.74) is 0.0643. The van der Waals surface area contributed by atoms with Gasteiger partial charge >= 0.3 is 5.97 Å². The van der Waals surface area contributed by atoms with E-state index in [0.29, 0.717) is 11.1 Å². The van der Waals surface area contributed by atoms with Crippen LogP contribution in [0.1, 0.15) is 55.3 Å². The predicted molar refractivity (Wildman–Crippen MR) is 89.8 cm³/mol. The summed E-state index contributed by atoms with van der Waals surface area (Å²) in [5.74, 6) is -1.49. The van der Waals surface area contributed by atoms with Crippen LogP contribution in [-0.4, -0.2) is 41.0 Å². The summed E-state index contributed by atoms with van der Waals surface area (Å²) in [4.78, 5) is 35.8. The minimum atomic E-state index is -0.756. The van der Waals surface area contributed by atoms with E-state index < -0.39 is 35.9 Å². The van der Waals surface area contributed by atoms with Crippen molar-refractivity contribution in [1.82, 2.24) is 5.32 Å². The van der Waals surface area contributed by atoms with Crippen molar-refractivity contribution in [2.24, 2.45) is 5.92 Å². The standard InChI is InChI=1S/C18H25NO5/c1-11(2)15(14(21)10-20)19-16(22)12-6-8-13(9-7-12)17(23)24-18(3,4)5/h6-9,11,15,20H,10H2,1-5H3,(H,19,22)/t15-/m0/s1. The van der Waals surface area contributed by atoms with Gasteiger partial charge in [0.05, 0.1) is 11.6 Å². The summed E-state index contributed by atoms with van der Waals surface area (Å²) in [5, 5.41) is 11.6. The number of carbonyl (C=O) groups is 3. The molecule has 0 heterocycles. The summed E-state index contributed by atoms with van der Waals surface area (Å²) < 4.78 is 5.25. The van der Waals surface area contributed by atoms with Crippen molar-refractivity contribution in [3.63, 3.8) is 0 Å². The molecule has 0 aliphatic rings. The van der Waals surface area contributed by atoms with Crippen LogP contribution in [0.2, 0.25) is 0 Å². The number of Topliss-reactive ketones (excluding diaryl/α,β-unsaturated/α-hetero) is 1. The van der Waals surface area contributed by atoms with Crippen LogP contribution in [0, 0.1) is 5.92 Å². The van der Waals surface area contributed by atoms with E-state index in [9.17, 15) is 14.4 Å². The van der Waals surface area contributed by atoms with Gasteiger partial charge in [-0.1, -0.05) is 13.8 Å². The van der Waals surface area contributed by atoms with Crippen LogP contribution in [0.5, 0.6) is 0 Å². The molecule has 0 saturated carbocycles. The minimum Gasteiger partial charge on any atom is -0.456 e. The van der Waals surface area contributed by atoms with Crippen molar-refractivity contribution in [1.29, 1.82) is 0 Å². The van der Waals surface area contributed by atoms with Crippen LogP contribution in [0.4, 0.5) is 0 Å². The average Bonchev–Trinajstić information content (AvgIpc) is 2.49. The molecule has 0 aliphatic heterocycles. The molecule has 6 nitrogen and oxygen atoms in total. The predicted octanol–water partition coefficient (Wildman–Crippen LogP) is 1.96. The summed E-state index contributed by atoms with van der Waals surface area (Å²) >= 11 is 0. The Morgan fingerprint density at radius 3 is 2.00 bits per heavy atom. The number of aliphatic hydroxyl groups excluding tert-OH is 1. The molecule has 1 atom stereocenters. The van der Waals surface area contributed by atoms with E-state index in [2.05, 4.69) is 5.32 Å². The van der Waals surface area contributed by atoms with Crippen LogP contribution in [-0.2, 0) is 9.53 Å². The highest BCUT2D eigenvalue weighted by Gasteiger charge is 2.24. The van der Waals surface area contributed by atoms with E-state index in [1.54, 1.807) is 34.6 Å². The van der Waals surface area contributed by atoms with Crippen molar-refractivity contribution in [3.8, 4) is 0 Å². The molecule has 24 heavy (non-hydrogen) atoms. The third-order valence-electron chi connectivity index (χ3n) is 3.24. The van der Waals surface area contributed by atoms with E-state index in [0.717, 1.165) is 0 Å². The van der Waals surface area contributed by atoms with Crippen molar-refractivity contribution >= 4 is 17.7 Å². The number of benzene rings is 1. The Morgan fingerprint density at radius 2 is 1.58 bits per heavy atom. The number of hydrogen-bond acceptors (Lipinski definition) is 5. The van der Waals surface area contributed by atoms with Gasteiger partial charge in [-0.15, -0.1) is 0 Å². The van der Waals surface area contributed by atoms with Gasteiger partial charge in [-0.3, -0.25) is 9.59 Å². The monoisotopic (exact) mass is 335 g/mol. The second-order valence-electron chi connectivity index (χ2n) is 6.90. The Labute approximate surface area is 142 Å². The zero-order valence-electron chi connectivity index (χ0n) is 14.8.